The molecule has 5 heteroatoms. The van der Waals surface area contributed by atoms with Crippen LogP contribution in [0.25, 0.3) is 5.76 Å². The third-order valence-electron chi connectivity index (χ3n) is 4.51. The normalized spacial score (nSPS) is 14.3. The van der Waals surface area contributed by atoms with Gasteiger partial charge in [-0.2, -0.15) is 0 Å². The van der Waals surface area contributed by atoms with E-state index in [1.165, 1.54) is 5.56 Å². The molecule has 27 heavy (non-hydrogen) atoms. The van der Waals surface area contributed by atoms with Crippen molar-refractivity contribution in [3.05, 3.63) is 65.7 Å². The lowest BCUT2D eigenvalue weighted by atomic mass is 10.1. The third kappa shape index (κ3) is 5.62. The molecule has 0 unspecified atom stereocenters. The number of benzene rings is 2. The maximum absolute atomic E-state index is 12.5. The topological polar surface area (TPSA) is 38.3 Å². The summed E-state index contributed by atoms with van der Waals surface area (Å²) in [5.74, 6) is 0.870. The fourth-order valence-electron chi connectivity index (χ4n) is 3.29. The van der Waals surface area contributed by atoms with Crippen LogP contribution in [0.1, 0.15) is 24.0 Å². The van der Waals surface area contributed by atoms with Crippen molar-refractivity contribution in [2.24, 2.45) is 0 Å². The lowest BCUT2D eigenvalue weighted by molar-refractivity contribution is -0.895. The Morgan fingerprint density at radius 2 is 1.96 bits per heavy atom. The monoisotopic (exact) mass is 383 g/mol. The number of hydrogen-bond acceptors (Lipinski definition) is 3. The van der Waals surface area contributed by atoms with Crippen LogP contribution in [0.4, 0.5) is 5.69 Å². The van der Waals surface area contributed by atoms with Gasteiger partial charge >= 0.3 is 0 Å². The minimum absolute atomic E-state index is 0.00968. The first-order chi connectivity index (χ1) is 12.9. The minimum atomic E-state index is -0.00968. The Hall–Kier alpha value is -2.24. The summed E-state index contributed by atoms with van der Waals surface area (Å²) in [5, 5.41) is 2.99. The molecule has 4 nitrogen and oxygen atoms in total. The van der Waals surface area contributed by atoms with E-state index in [2.05, 4.69) is 50.2 Å². The highest BCUT2D eigenvalue weighted by Gasteiger charge is 2.21. The van der Waals surface area contributed by atoms with Crippen LogP contribution in [-0.4, -0.2) is 37.6 Å². The van der Waals surface area contributed by atoms with Gasteiger partial charge in [-0.05, 0) is 37.1 Å². The second kappa shape index (κ2) is 8.63. The standard InChI is InChI=1S/C22H26N2O2S/c1-24(2,15-17-8-4-3-5-9-17)16-22(25)23-18-11-12-19(21(27)14-18)20-10-6-7-13-26-20/h3-5,8-12,14H,6-7,13,15-16H2,1-2H3,(H-,23,25,27)/p+1. The zero-order valence-electron chi connectivity index (χ0n) is 15.9. The molecule has 1 N–H and O–H groups in total. The number of ether oxygens (including phenoxy) is 1. The number of likely N-dealkylation sites (N-methyl/N-ethyl adjacent to an activating group) is 1. The van der Waals surface area contributed by atoms with Gasteiger partial charge in [-0.25, -0.2) is 0 Å². The molecular formula is C22H27N2O2S+. The number of carbonyl (C=O) groups is 1. The molecule has 0 saturated carbocycles. The Morgan fingerprint density at radius 3 is 2.63 bits per heavy atom. The predicted molar refractivity (Wildman–Crippen MR) is 113 cm³/mol. The second-order valence-corrected chi connectivity index (χ2v) is 8.06. The predicted octanol–water partition coefficient (Wildman–Crippen LogP) is 4.34. The van der Waals surface area contributed by atoms with Crippen LogP contribution in [0.5, 0.6) is 0 Å². The smallest absolute Gasteiger partial charge is 0.279 e. The molecule has 0 atom stereocenters. The summed E-state index contributed by atoms with van der Waals surface area (Å²) in [5.41, 5.74) is 2.94. The number of allylic oxidation sites excluding steroid dienone is 1. The van der Waals surface area contributed by atoms with Gasteiger partial charge in [0.25, 0.3) is 5.91 Å². The number of nitrogens with zero attached hydrogens (tertiary/aromatic N) is 1. The Morgan fingerprint density at radius 1 is 1.19 bits per heavy atom. The molecule has 0 spiro atoms. The second-order valence-electron chi connectivity index (χ2n) is 7.58. The van der Waals surface area contributed by atoms with E-state index >= 15 is 0 Å². The molecule has 0 bridgehead atoms. The molecule has 0 aromatic heterocycles. The van der Waals surface area contributed by atoms with E-state index in [1.54, 1.807) is 0 Å². The summed E-state index contributed by atoms with van der Waals surface area (Å²) in [6.45, 7) is 1.94. The maximum atomic E-state index is 12.5. The van der Waals surface area contributed by atoms with E-state index in [4.69, 9.17) is 4.74 Å². The van der Waals surface area contributed by atoms with Gasteiger partial charge in [-0.1, -0.05) is 30.3 Å². The van der Waals surface area contributed by atoms with Crippen LogP contribution in [0, 0.1) is 0 Å². The molecule has 0 aliphatic carbocycles. The van der Waals surface area contributed by atoms with Crippen molar-refractivity contribution in [3.63, 3.8) is 0 Å². The van der Waals surface area contributed by atoms with E-state index in [-0.39, 0.29) is 5.91 Å². The Kier molecular flexibility index (Phi) is 6.24. The molecule has 0 radical (unpaired) electrons. The van der Waals surface area contributed by atoms with E-state index in [0.717, 1.165) is 47.9 Å². The number of hydrogen-bond donors (Lipinski definition) is 2. The van der Waals surface area contributed by atoms with Gasteiger partial charge < -0.3 is 14.5 Å². The first-order valence-corrected chi connectivity index (χ1v) is 9.70. The van der Waals surface area contributed by atoms with Crippen molar-refractivity contribution in [1.82, 2.24) is 0 Å². The number of nitrogens with one attached hydrogen (secondary N) is 1. The highest BCUT2D eigenvalue weighted by atomic mass is 32.1. The van der Waals surface area contributed by atoms with Crippen LogP contribution in [0.2, 0.25) is 0 Å². The molecule has 1 amide bonds. The molecule has 2 aromatic carbocycles. The molecule has 142 valence electrons. The van der Waals surface area contributed by atoms with Crippen LogP contribution >= 0.6 is 12.6 Å². The Balaban J connectivity index is 1.62. The summed E-state index contributed by atoms with van der Waals surface area (Å²) in [6, 6.07) is 16.0. The van der Waals surface area contributed by atoms with Gasteiger partial charge in [0, 0.05) is 21.7 Å². The van der Waals surface area contributed by atoms with Gasteiger partial charge in [0.05, 0.1) is 20.7 Å². The Bertz CT molecular complexity index is 831. The number of amides is 1. The zero-order valence-corrected chi connectivity index (χ0v) is 16.8. The maximum Gasteiger partial charge on any atom is 0.279 e. The van der Waals surface area contributed by atoms with Crippen molar-refractivity contribution in [1.29, 1.82) is 0 Å². The molecule has 3 rings (SSSR count). The van der Waals surface area contributed by atoms with Crippen LogP contribution in [0.15, 0.2) is 59.5 Å². The molecule has 1 aliphatic rings. The highest BCUT2D eigenvalue weighted by Crippen LogP contribution is 2.29. The fraction of sp³-hybridized carbons (Fsp3) is 0.318. The first-order valence-electron chi connectivity index (χ1n) is 9.25. The number of anilines is 1. The lowest BCUT2D eigenvalue weighted by Gasteiger charge is -2.29. The Labute approximate surface area is 166 Å². The van der Waals surface area contributed by atoms with Gasteiger partial charge in [0.2, 0.25) is 0 Å². The molecular weight excluding hydrogens is 356 g/mol. The van der Waals surface area contributed by atoms with Crippen LogP contribution in [0.3, 0.4) is 0 Å². The van der Waals surface area contributed by atoms with Gasteiger partial charge in [0.1, 0.15) is 12.3 Å². The van der Waals surface area contributed by atoms with E-state index in [9.17, 15) is 4.79 Å². The summed E-state index contributed by atoms with van der Waals surface area (Å²) in [7, 11) is 4.12. The van der Waals surface area contributed by atoms with Gasteiger partial charge in [-0.15, -0.1) is 12.6 Å². The average molecular weight is 384 g/mol. The first kappa shape index (κ1) is 19.5. The zero-order chi connectivity index (χ0) is 19.3. The summed E-state index contributed by atoms with van der Waals surface area (Å²) < 4.78 is 6.30. The summed E-state index contributed by atoms with van der Waals surface area (Å²) >= 11 is 4.58. The third-order valence-corrected chi connectivity index (χ3v) is 4.88. The SMILES string of the molecule is C[N+](C)(CC(=O)Nc1ccc(C2=CCCCO2)c(S)c1)Cc1ccccc1. The summed E-state index contributed by atoms with van der Waals surface area (Å²) in [4.78, 5) is 13.3. The molecule has 0 fully saturated rings. The number of rotatable bonds is 6. The molecule has 0 saturated heterocycles. The molecule has 2 aromatic rings. The highest BCUT2D eigenvalue weighted by molar-refractivity contribution is 7.80. The lowest BCUT2D eigenvalue weighted by Crippen LogP contribution is -2.44. The number of thiol groups is 1. The van der Waals surface area contributed by atoms with E-state index in [0.29, 0.717) is 11.0 Å². The minimum Gasteiger partial charge on any atom is -0.493 e. The van der Waals surface area contributed by atoms with Gasteiger partial charge in [0.15, 0.2) is 6.54 Å². The largest absolute Gasteiger partial charge is 0.493 e. The number of quaternary nitrogens is 1. The van der Waals surface area contributed by atoms with Gasteiger partial charge in [-0.3, -0.25) is 4.79 Å². The van der Waals surface area contributed by atoms with Crippen LogP contribution < -0.4 is 5.32 Å². The molecule has 1 heterocycles. The van der Waals surface area contributed by atoms with Crippen molar-refractivity contribution in [3.8, 4) is 0 Å². The average Bonchev–Trinajstić information content (AvgIpc) is 2.62. The quantitative estimate of drug-likeness (QED) is 0.575. The van der Waals surface area contributed by atoms with Crippen molar-refractivity contribution >= 4 is 30.0 Å². The fourth-order valence-corrected chi connectivity index (χ4v) is 3.61. The summed E-state index contributed by atoms with van der Waals surface area (Å²) in [6.07, 6.45) is 4.17. The van der Waals surface area contributed by atoms with Crippen molar-refractivity contribution in [2.75, 3.05) is 32.6 Å². The number of carbonyl (C=O) groups excluding carboxylic acids is 1. The molecule has 1 aliphatic heterocycles. The van der Waals surface area contributed by atoms with Crippen molar-refractivity contribution in [2.45, 2.75) is 24.3 Å². The van der Waals surface area contributed by atoms with E-state index in [1.807, 2.05) is 36.4 Å². The van der Waals surface area contributed by atoms with Crippen LogP contribution in [-0.2, 0) is 16.1 Å². The van der Waals surface area contributed by atoms with Crippen molar-refractivity contribution < 1.29 is 14.0 Å². The van der Waals surface area contributed by atoms with E-state index < -0.39 is 0 Å².